The van der Waals surface area contributed by atoms with Crippen LogP contribution in [0, 0.1) is 0 Å². The molecule has 0 saturated heterocycles. The van der Waals surface area contributed by atoms with E-state index in [9.17, 15) is 0 Å². The fourth-order valence-corrected chi connectivity index (χ4v) is 23.6. The van der Waals surface area contributed by atoms with Gasteiger partial charge in [0.15, 0.2) is 8.07 Å². The van der Waals surface area contributed by atoms with Crippen molar-refractivity contribution in [3.63, 3.8) is 0 Å². The van der Waals surface area contributed by atoms with Crippen molar-refractivity contribution in [2.75, 3.05) is 14.7 Å². The average molecular weight is 1070 g/mol. The van der Waals surface area contributed by atoms with Crippen LogP contribution in [-0.2, 0) is 10.8 Å². The van der Waals surface area contributed by atoms with Gasteiger partial charge in [0.25, 0.3) is 6.71 Å². The Kier molecular flexibility index (Phi) is 9.50. The zero-order chi connectivity index (χ0) is 52.7. The maximum atomic E-state index is 2.84. The van der Waals surface area contributed by atoms with Crippen LogP contribution in [0.25, 0.3) is 40.3 Å². The molecular weight excluding hydrogens is 1010 g/mol. The molecule has 6 heterocycles. The molecule has 1 saturated carbocycles. The number of nitrogens with zero attached hydrogens (tertiary/aromatic N) is 3. The van der Waals surface area contributed by atoms with Gasteiger partial charge in [-0.3, -0.25) is 0 Å². The van der Waals surface area contributed by atoms with Gasteiger partial charge in [-0.15, -0.1) is 22.7 Å². The molecule has 5 aliphatic rings. The maximum Gasteiger partial charge on any atom is 0.251 e. The number of anilines is 8. The van der Waals surface area contributed by atoms with Gasteiger partial charge in [-0.25, -0.2) is 0 Å². The number of rotatable bonds is 5. The Morgan fingerprint density at radius 3 is 1.48 bits per heavy atom. The average Bonchev–Trinajstić information content (AvgIpc) is 3.00. The van der Waals surface area contributed by atoms with Crippen LogP contribution in [0.3, 0.4) is 0 Å². The summed E-state index contributed by atoms with van der Waals surface area (Å²) in [5, 5.41) is 11.1. The van der Waals surface area contributed by atoms with Crippen LogP contribution in [0.4, 0.5) is 45.5 Å². The molecule has 1 fully saturated rings. The van der Waals surface area contributed by atoms with Crippen molar-refractivity contribution in [2.24, 2.45) is 0 Å². The van der Waals surface area contributed by atoms with E-state index >= 15 is 0 Å². The molecule has 1 aliphatic carbocycles. The summed E-state index contributed by atoms with van der Waals surface area (Å²) in [6, 6.07) is 83.4. The van der Waals surface area contributed by atoms with Gasteiger partial charge in [0.1, 0.15) is 0 Å². The topological polar surface area (TPSA) is 9.72 Å². The van der Waals surface area contributed by atoms with Crippen molar-refractivity contribution in [1.29, 1.82) is 0 Å². The Morgan fingerprint density at radius 1 is 0.430 bits per heavy atom. The lowest BCUT2D eigenvalue weighted by molar-refractivity contribution is 0.195. The fraction of sp³-hybridized carbons (Fsp3) is 0.167. The van der Waals surface area contributed by atoms with Gasteiger partial charge in [-0.1, -0.05) is 186 Å². The van der Waals surface area contributed by atoms with Crippen LogP contribution < -0.4 is 51.8 Å². The quantitative estimate of drug-likeness (QED) is 0.159. The van der Waals surface area contributed by atoms with Crippen molar-refractivity contribution >= 4 is 160 Å². The summed E-state index contributed by atoms with van der Waals surface area (Å²) in [7, 11) is -3.03. The van der Waals surface area contributed by atoms with E-state index in [-0.39, 0.29) is 23.1 Å². The molecule has 2 aromatic heterocycles. The van der Waals surface area contributed by atoms with E-state index < -0.39 is 8.07 Å². The predicted molar refractivity (Wildman–Crippen MR) is 345 cm³/mol. The molecule has 2 atom stereocenters. The van der Waals surface area contributed by atoms with Crippen LogP contribution in [0.2, 0.25) is 0 Å². The maximum absolute atomic E-state index is 3.03. The SMILES string of the molecule is CC(C)(C)c1ccc2c(c1)C1(C)CCCCC1(C)N2c1cc2c3c(c1)N(c1ccc4c(c1)sc1ccccc14)c1cccc4c1B3c1c(cccc1[Si]4(c1ccccc1)c1ccccc1)N2c1ccc2c(c1)sc1ccccc12. The molecule has 0 amide bonds. The number of hydrogen-bond acceptors (Lipinski definition) is 5. The summed E-state index contributed by atoms with van der Waals surface area (Å²) in [6.07, 6.45) is 4.75. The second-order valence-electron chi connectivity index (χ2n) is 24.6. The molecule has 0 spiro atoms. The van der Waals surface area contributed by atoms with Gasteiger partial charge >= 0.3 is 0 Å². The summed E-state index contributed by atoms with van der Waals surface area (Å²) >= 11 is 3.83. The number of benzene rings is 10. The van der Waals surface area contributed by atoms with Crippen LogP contribution in [-0.4, -0.2) is 20.3 Å². The van der Waals surface area contributed by atoms with Crippen LogP contribution in [0.1, 0.15) is 71.4 Å². The van der Waals surface area contributed by atoms with Crippen molar-refractivity contribution in [1.82, 2.24) is 0 Å². The van der Waals surface area contributed by atoms with Crippen LogP contribution >= 0.6 is 22.7 Å². The third-order valence-electron chi connectivity index (χ3n) is 19.8. The van der Waals surface area contributed by atoms with Crippen molar-refractivity contribution in [3.05, 3.63) is 223 Å². The summed E-state index contributed by atoms with van der Waals surface area (Å²) in [5.41, 5.74) is 17.2. The smallest absolute Gasteiger partial charge is 0.251 e. The molecule has 0 bridgehead atoms. The monoisotopic (exact) mass is 1070 g/mol. The molecule has 2 unspecified atom stereocenters. The third-order valence-corrected chi connectivity index (χ3v) is 27.0. The van der Waals surface area contributed by atoms with Crippen LogP contribution in [0.5, 0.6) is 0 Å². The highest BCUT2D eigenvalue weighted by atomic mass is 32.1. The largest absolute Gasteiger partial charge is 0.334 e. The van der Waals surface area contributed by atoms with Gasteiger partial charge in [-0.05, 0) is 140 Å². The summed E-state index contributed by atoms with van der Waals surface area (Å²) in [4.78, 5) is 8.27. The highest BCUT2D eigenvalue weighted by Crippen LogP contribution is 2.62. The zero-order valence-corrected chi connectivity index (χ0v) is 47.9. The summed E-state index contributed by atoms with van der Waals surface area (Å²) in [5.74, 6) is 0. The summed E-state index contributed by atoms with van der Waals surface area (Å²) in [6.45, 7) is 12.3. The van der Waals surface area contributed by atoms with Gasteiger partial charge in [0, 0.05) is 91.3 Å². The lowest BCUT2D eigenvalue weighted by Gasteiger charge is -2.53. The van der Waals surface area contributed by atoms with Gasteiger partial charge in [0.2, 0.25) is 0 Å². The van der Waals surface area contributed by atoms with E-state index in [1.807, 2.05) is 22.7 Å². The van der Waals surface area contributed by atoms with E-state index in [4.69, 9.17) is 0 Å². The van der Waals surface area contributed by atoms with Crippen molar-refractivity contribution in [3.8, 4) is 0 Å². The van der Waals surface area contributed by atoms with E-state index in [1.165, 1.54) is 153 Å². The Labute approximate surface area is 472 Å². The van der Waals surface area contributed by atoms with Gasteiger partial charge in [0.05, 0.1) is 5.54 Å². The van der Waals surface area contributed by atoms with E-state index in [2.05, 4.69) is 262 Å². The van der Waals surface area contributed by atoms with Gasteiger partial charge in [-0.2, -0.15) is 0 Å². The first kappa shape index (κ1) is 46.3. The Hall–Kier alpha value is -7.68. The first-order valence-electron chi connectivity index (χ1n) is 28.5. The molecule has 3 nitrogen and oxygen atoms in total. The molecular formula is C72H58BN3S2Si. The Balaban J connectivity index is 1.03. The first-order valence-corrected chi connectivity index (χ1v) is 32.1. The molecule has 0 N–H and O–H groups in total. The van der Waals surface area contributed by atoms with Gasteiger partial charge < -0.3 is 14.7 Å². The minimum Gasteiger partial charge on any atom is -0.334 e. The molecule has 12 aromatic rings. The van der Waals surface area contributed by atoms with E-state index in [0.29, 0.717) is 0 Å². The fourth-order valence-electron chi connectivity index (χ4n) is 16.0. The molecule has 380 valence electrons. The first-order chi connectivity index (χ1) is 38.5. The Morgan fingerprint density at radius 2 is 0.937 bits per heavy atom. The molecule has 7 heteroatoms. The summed E-state index contributed by atoms with van der Waals surface area (Å²) < 4.78 is 5.28. The van der Waals surface area contributed by atoms with E-state index in [0.717, 1.165) is 6.42 Å². The van der Waals surface area contributed by atoms with E-state index in [1.54, 1.807) is 0 Å². The molecule has 4 aliphatic heterocycles. The predicted octanol–water partition coefficient (Wildman–Crippen LogP) is 15.2. The zero-order valence-electron chi connectivity index (χ0n) is 45.3. The number of hydrogen-bond donors (Lipinski definition) is 0. The highest BCUT2D eigenvalue weighted by Gasteiger charge is 2.60. The molecule has 79 heavy (non-hydrogen) atoms. The van der Waals surface area contributed by atoms with Crippen LogP contribution in [0.15, 0.2) is 212 Å². The standard InChI is InChI=1S/C72H58BN3S2Si/c1-70(2,3)45-32-37-56-55(40-45)71(4)38-16-17-39-72(71,5)76(56)48-41-59-67-60(42-48)75(47-34-36-54-52-25-13-15-29-62(52)78-64(54)44-47)58-27-19-31-66-69(58)73(67)68-57(74(59)46-33-35-53-51-24-12-14-28-61(51)77-63(53)43-46)26-18-30-65(68)79(66,49-20-8-6-9-21-49)50-22-10-7-11-23-50/h6-15,18-37,40-44H,16-17,38-39H2,1-5H3. The highest BCUT2D eigenvalue weighted by molar-refractivity contribution is 7.28. The number of thiophene rings is 2. The Bertz CT molecular complexity index is 4340. The minimum absolute atomic E-state index is 0.00569. The lowest BCUT2D eigenvalue weighted by atomic mass is 9.33. The minimum atomic E-state index is -3.03. The molecule has 10 aromatic carbocycles. The second-order valence-corrected chi connectivity index (χ2v) is 30.5. The number of fused-ring (bicyclic) bond motifs is 9. The third kappa shape index (κ3) is 6.03. The lowest BCUT2D eigenvalue weighted by Crippen LogP contribution is -2.88. The molecule has 0 radical (unpaired) electrons. The van der Waals surface area contributed by atoms with Crippen molar-refractivity contribution < 1.29 is 0 Å². The molecule has 17 rings (SSSR count). The second kappa shape index (κ2) is 16.2. The van der Waals surface area contributed by atoms with Crippen molar-refractivity contribution in [2.45, 2.75) is 76.7 Å². The normalized spacial score (nSPS) is 19.4.